The molecule has 0 atom stereocenters. The Balaban J connectivity index is 1.78. The lowest BCUT2D eigenvalue weighted by Gasteiger charge is -2.17. The van der Waals surface area contributed by atoms with E-state index in [2.05, 4.69) is 15.4 Å². The van der Waals surface area contributed by atoms with E-state index in [9.17, 15) is 14.4 Å². The molecule has 0 aliphatic carbocycles. The van der Waals surface area contributed by atoms with Crippen molar-refractivity contribution in [3.63, 3.8) is 0 Å². The van der Waals surface area contributed by atoms with Gasteiger partial charge in [-0.15, -0.1) is 0 Å². The third-order valence-corrected chi connectivity index (χ3v) is 4.44. The largest absolute Gasteiger partial charge is 0.465 e. The molecular formula is C22H27N3O4. The molecule has 29 heavy (non-hydrogen) atoms. The summed E-state index contributed by atoms with van der Waals surface area (Å²) in [6.45, 7) is 4.42. The predicted molar refractivity (Wildman–Crippen MR) is 112 cm³/mol. The number of nitrogens with zero attached hydrogens (tertiary/aromatic N) is 1. The monoisotopic (exact) mass is 397 g/mol. The molecular weight excluding hydrogens is 370 g/mol. The molecule has 2 aromatic rings. The molecule has 0 aliphatic heterocycles. The van der Waals surface area contributed by atoms with Crippen LogP contribution in [0.5, 0.6) is 0 Å². The molecule has 0 saturated carbocycles. The van der Waals surface area contributed by atoms with Crippen molar-refractivity contribution in [3.05, 3.63) is 64.7 Å². The fourth-order valence-electron chi connectivity index (χ4n) is 2.87. The minimum absolute atomic E-state index is 0.0976. The van der Waals surface area contributed by atoms with E-state index in [-0.39, 0.29) is 24.9 Å². The van der Waals surface area contributed by atoms with Crippen molar-refractivity contribution in [2.75, 3.05) is 32.6 Å². The number of anilines is 1. The zero-order valence-electron chi connectivity index (χ0n) is 17.2. The van der Waals surface area contributed by atoms with E-state index in [1.54, 1.807) is 36.2 Å². The number of ether oxygens (including phenoxy) is 1. The van der Waals surface area contributed by atoms with Gasteiger partial charge in [0.1, 0.15) is 0 Å². The second kappa shape index (κ2) is 10.4. The number of likely N-dealkylation sites (N-methyl/N-ethyl adjacent to an activating group) is 1. The van der Waals surface area contributed by atoms with Crippen molar-refractivity contribution in [1.82, 2.24) is 10.2 Å². The maximum Gasteiger partial charge on any atom is 0.337 e. The van der Waals surface area contributed by atoms with Gasteiger partial charge in [-0.3, -0.25) is 14.5 Å². The quantitative estimate of drug-likeness (QED) is 0.668. The second-order valence-corrected chi connectivity index (χ2v) is 6.95. The number of carbonyl (C=O) groups excluding carboxylic acids is 3. The van der Waals surface area contributed by atoms with Crippen LogP contribution in [-0.2, 0) is 20.9 Å². The van der Waals surface area contributed by atoms with Crippen LogP contribution < -0.4 is 10.6 Å². The summed E-state index contributed by atoms with van der Waals surface area (Å²) in [6.07, 6.45) is 0. The summed E-state index contributed by atoms with van der Waals surface area (Å²) < 4.78 is 4.65. The van der Waals surface area contributed by atoms with Crippen molar-refractivity contribution in [3.8, 4) is 0 Å². The van der Waals surface area contributed by atoms with Gasteiger partial charge in [-0.2, -0.15) is 0 Å². The molecule has 0 saturated heterocycles. The Morgan fingerprint density at radius 2 is 1.52 bits per heavy atom. The van der Waals surface area contributed by atoms with Crippen molar-refractivity contribution < 1.29 is 19.1 Å². The lowest BCUT2D eigenvalue weighted by molar-refractivity contribution is -0.123. The van der Waals surface area contributed by atoms with Gasteiger partial charge in [-0.05, 0) is 49.7 Å². The third-order valence-electron chi connectivity index (χ3n) is 4.44. The zero-order valence-corrected chi connectivity index (χ0v) is 17.2. The lowest BCUT2D eigenvalue weighted by atomic mass is 10.1. The first-order valence-electron chi connectivity index (χ1n) is 9.28. The van der Waals surface area contributed by atoms with Crippen LogP contribution in [0.2, 0.25) is 0 Å². The Kier molecular flexibility index (Phi) is 7.91. The van der Waals surface area contributed by atoms with Crippen molar-refractivity contribution >= 4 is 23.5 Å². The van der Waals surface area contributed by atoms with Gasteiger partial charge in [0.05, 0.1) is 25.8 Å². The summed E-state index contributed by atoms with van der Waals surface area (Å²) in [5.74, 6) is -0.762. The Morgan fingerprint density at radius 3 is 2.10 bits per heavy atom. The Labute approximate surface area is 171 Å². The first-order chi connectivity index (χ1) is 13.8. The molecule has 0 radical (unpaired) electrons. The molecule has 2 aromatic carbocycles. The fraction of sp³-hybridized carbons (Fsp3) is 0.318. The van der Waals surface area contributed by atoms with Gasteiger partial charge in [-0.25, -0.2) is 4.79 Å². The molecule has 154 valence electrons. The number of amides is 2. The van der Waals surface area contributed by atoms with Crippen LogP contribution in [0.4, 0.5) is 5.69 Å². The zero-order chi connectivity index (χ0) is 21.4. The molecule has 0 aromatic heterocycles. The molecule has 7 heteroatoms. The van der Waals surface area contributed by atoms with E-state index in [1.807, 2.05) is 32.0 Å². The van der Waals surface area contributed by atoms with Crippen LogP contribution in [0.25, 0.3) is 0 Å². The van der Waals surface area contributed by atoms with Crippen LogP contribution >= 0.6 is 0 Å². The first-order valence-corrected chi connectivity index (χ1v) is 9.28. The average molecular weight is 397 g/mol. The number of hydrogen-bond donors (Lipinski definition) is 2. The summed E-state index contributed by atoms with van der Waals surface area (Å²) in [5, 5.41) is 5.71. The smallest absolute Gasteiger partial charge is 0.337 e. The van der Waals surface area contributed by atoms with Crippen molar-refractivity contribution in [1.29, 1.82) is 0 Å². The number of esters is 1. The van der Waals surface area contributed by atoms with Crippen molar-refractivity contribution in [2.24, 2.45) is 0 Å². The number of methoxy groups -OCH3 is 1. The van der Waals surface area contributed by atoms with Gasteiger partial charge < -0.3 is 15.4 Å². The second-order valence-electron chi connectivity index (χ2n) is 6.95. The summed E-state index contributed by atoms with van der Waals surface area (Å²) in [7, 11) is 3.05. The summed E-state index contributed by atoms with van der Waals surface area (Å²) in [5.41, 5.74) is 4.12. The topological polar surface area (TPSA) is 87.7 Å². The highest BCUT2D eigenvalue weighted by atomic mass is 16.5. The fourth-order valence-corrected chi connectivity index (χ4v) is 2.87. The number of nitrogens with one attached hydrogen (secondary N) is 2. The predicted octanol–water partition coefficient (Wildman–Crippen LogP) is 2.28. The van der Waals surface area contributed by atoms with Gasteiger partial charge in [0.25, 0.3) is 0 Å². The first kappa shape index (κ1) is 22.1. The van der Waals surface area contributed by atoms with Gasteiger partial charge in [0.2, 0.25) is 11.8 Å². The van der Waals surface area contributed by atoms with Crippen LogP contribution in [0.1, 0.15) is 27.0 Å². The van der Waals surface area contributed by atoms with Gasteiger partial charge in [-0.1, -0.05) is 30.3 Å². The Morgan fingerprint density at radius 1 is 0.931 bits per heavy atom. The molecule has 0 spiro atoms. The molecule has 2 amide bonds. The number of aryl methyl sites for hydroxylation is 2. The highest BCUT2D eigenvalue weighted by molar-refractivity contribution is 5.94. The maximum atomic E-state index is 12.3. The number of carbonyl (C=O) groups is 3. The molecule has 2 rings (SSSR count). The van der Waals surface area contributed by atoms with E-state index in [1.165, 1.54) is 7.11 Å². The summed E-state index contributed by atoms with van der Waals surface area (Å²) in [6, 6.07) is 12.6. The van der Waals surface area contributed by atoms with Gasteiger partial charge >= 0.3 is 5.97 Å². The molecule has 0 heterocycles. The molecule has 0 aliphatic rings. The normalized spacial score (nSPS) is 10.5. The number of para-hydroxylation sites is 1. The molecule has 7 nitrogen and oxygen atoms in total. The molecule has 0 unspecified atom stereocenters. The summed E-state index contributed by atoms with van der Waals surface area (Å²) in [4.78, 5) is 37.5. The summed E-state index contributed by atoms with van der Waals surface area (Å²) >= 11 is 0. The molecule has 0 bridgehead atoms. The SMILES string of the molecule is COC(=O)c1ccc(CNC(=O)CN(C)CC(=O)Nc2c(C)cccc2C)cc1. The number of hydrogen-bond acceptors (Lipinski definition) is 5. The maximum absolute atomic E-state index is 12.3. The minimum Gasteiger partial charge on any atom is -0.465 e. The van der Waals surface area contributed by atoms with Crippen LogP contribution in [0, 0.1) is 13.8 Å². The highest BCUT2D eigenvalue weighted by Gasteiger charge is 2.13. The third kappa shape index (κ3) is 6.73. The van der Waals surface area contributed by atoms with Crippen LogP contribution in [0.15, 0.2) is 42.5 Å². The molecule has 0 fully saturated rings. The van der Waals surface area contributed by atoms with Gasteiger partial charge in [0, 0.05) is 12.2 Å². The highest BCUT2D eigenvalue weighted by Crippen LogP contribution is 2.19. The number of rotatable bonds is 8. The Hall–Kier alpha value is -3.19. The van der Waals surface area contributed by atoms with E-state index >= 15 is 0 Å². The lowest BCUT2D eigenvalue weighted by Crippen LogP contribution is -2.38. The van der Waals surface area contributed by atoms with E-state index in [0.29, 0.717) is 12.1 Å². The average Bonchev–Trinajstić information content (AvgIpc) is 2.69. The standard InChI is InChI=1S/C22H27N3O4/c1-15-6-5-7-16(2)21(15)24-20(27)14-25(3)13-19(26)23-12-17-8-10-18(11-9-17)22(28)29-4/h5-11H,12-14H2,1-4H3,(H,23,26)(H,24,27). The van der Waals surface area contributed by atoms with Crippen LogP contribution in [-0.4, -0.2) is 49.9 Å². The van der Waals surface area contributed by atoms with E-state index in [0.717, 1.165) is 22.4 Å². The Bertz CT molecular complexity index is 858. The van der Waals surface area contributed by atoms with Crippen LogP contribution in [0.3, 0.4) is 0 Å². The van der Waals surface area contributed by atoms with Gasteiger partial charge in [0.15, 0.2) is 0 Å². The van der Waals surface area contributed by atoms with E-state index < -0.39 is 5.97 Å². The van der Waals surface area contributed by atoms with E-state index in [4.69, 9.17) is 0 Å². The minimum atomic E-state index is -0.402. The molecule has 2 N–H and O–H groups in total. The van der Waals surface area contributed by atoms with Crippen molar-refractivity contribution in [2.45, 2.75) is 20.4 Å². The number of benzene rings is 2.